The molecule has 1 aromatic carbocycles. The number of benzene rings is 1. The fraction of sp³-hybridized carbons (Fsp3) is 0.579. The van der Waals surface area contributed by atoms with E-state index in [9.17, 15) is 18.0 Å². The van der Waals surface area contributed by atoms with Crippen LogP contribution in [0.3, 0.4) is 0 Å². The Morgan fingerprint density at radius 2 is 1.46 bits per heavy atom. The van der Waals surface area contributed by atoms with Crippen molar-refractivity contribution in [3.05, 3.63) is 29.8 Å². The molecule has 0 bridgehead atoms. The van der Waals surface area contributed by atoms with Gasteiger partial charge in [-0.25, -0.2) is 0 Å². The van der Waals surface area contributed by atoms with Gasteiger partial charge in [-0.3, -0.25) is 9.59 Å². The van der Waals surface area contributed by atoms with Crippen molar-refractivity contribution in [3.63, 3.8) is 0 Å². The second-order valence-corrected chi connectivity index (χ2v) is 10.0. The van der Waals surface area contributed by atoms with Gasteiger partial charge in [0.1, 0.15) is 28.9 Å². The van der Waals surface area contributed by atoms with E-state index in [1.165, 1.54) is 24.3 Å². The quantitative estimate of drug-likeness (QED) is 0.554. The molecule has 0 aliphatic rings. The molecule has 2 unspecified atom stereocenters. The van der Waals surface area contributed by atoms with Gasteiger partial charge in [0.05, 0.1) is 6.26 Å². The summed E-state index contributed by atoms with van der Waals surface area (Å²) in [5, 5.41) is 0. The normalized spacial score (nSPS) is 14.7. The predicted octanol–water partition coefficient (Wildman–Crippen LogP) is 2.12. The molecule has 2 N–H and O–H groups in total. The van der Waals surface area contributed by atoms with Crippen molar-refractivity contribution in [1.82, 2.24) is 0 Å². The summed E-state index contributed by atoms with van der Waals surface area (Å²) in [5.41, 5.74) is 4.72. The highest BCUT2D eigenvalue weighted by atomic mass is 32.2. The highest BCUT2D eigenvalue weighted by molar-refractivity contribution is 7.86. The van der Waals surface area contributed by atoms with E-state index >= 15 is 0 Å². The minimum atomic E-state index is -3.77. The average Bonchev–Trinajstić information content (AvgIpc) is 2.42. The number of nitrogens with two attached hydrogens (primary N) is 1. The van der Waals surface area contributed by atoms with Crippen molar-refractivity contribution < 1.29 is 31.7 Å². The molecule has 0 saturated heterocycles. The van der Waals surface area contributed by atoms with Crippen LogP contribution in [0.2, 0.25) is 0 Å². The van der Waals surface area contributed by atoms with Crippen LogP contribution < -0.4 is 9.92 Å². The van der Waals surface area contributed by atoms with Crippen LogP contribution in [0.5, 0.6) is 5.75 Å². The molecular weight excluding hydrogens is 386 g/mol. The van der Waals surface area contributed by atoms with Gasteiger partial charge in [0.2, 0.25) is 0 Å². The zero-order valence-corrected chi connectivity index (χ0v) is 18.1. The van der Waals surface area contributed by atoms with Crippen molar-refractivity contribution in [2.24, 2.45) is 5.73 Å². The zero-order valence-electron chi connectivity index (χ0n) is 17.3. The Hall–Kier alpha value is -2.13. The first kappa shape index (κ1) is 23.9. The highest BCUT2D eigenvalue weighted by Gasteiger charge is 2.38. The van der Waals surface area contributed by atoms with E-state index in [1.54, 1.807) is 41.5 Å². The van der Waals surface area contributed by atoms with Crippen LogP contribution in [0.4, 0.5) is 0 Å². The van der Waals surface area contributed by atoms with Gasteiger partial charge in [-0.15, -0.1) is 0 Å². The molecule has 0 aliphatic heterocycles. The summed E-state index contributed by atoms with van der Waals surface area (Å²) in [6.45, 7) is 10.1. The molecule has 0 fully saturated rings. The molecule has 28 heavy (non-hydrogen) atoms. The molecule has 0 aliphatic carbocycles. The molecule has 0 radical (unpaired) electrons. The van der Waals surface area contributed by atoms with Crippen LogP contribution in [0.1, 0.15) is 53.0 Å². The summed E-state index contributed by atoms with van der Waals surface area (Å²) in [6.07, 6.45) is 0.900. The summed E-state index contributed by atoms with van der Waals surface area (Å²) < 4.78 is 38.3. The minimum Gasteiger partial charge on any atom is -0.459 e. The molecule has 0 saturated carbocycles. The third-order valence-electron chi connectivity index (χ3n) is 3.16. The lowest BCUT2D eigenvalue weighted by Gasteiger charge is -2.29. The van der Waals surface area contributed by atoms with E-state index in [0.29, 0.717) is 0 Å². The number of esters is 2. The van der Waals surface area contributed by atoms with Gasteiger partial charge < -0.3 is 19.4 Å². The Bertz CT molecular complexity index is 819. The third kappa shape index (κ3) is 8.26. The van der Waals surface area contributed by atoms with Gasteiger partial charge in [0.25, 0.3) is 0 Å². The van der Waals surface area contributed by atoms with Crippen molar-refractivity contribution >= 4 is 22.1 Å². The number of hydrogen-bond donors (Lipinski definition) is 1. The van der Waals surface area contributed by atoms with E-state index in [1.807, 2.05) is 0 Å². The fourth-order valence-corrected chi connectivity index (χ4v) is 2.75. The Labute approximate surface area is 166 Å². The molecule has 1 aromatic rings. The second kappa shape index (κ2) is 8.48. The summed E-state index contributed by atoms with van der Waals surface area (Å²) in [7, 11) is -3.77. The van der Waals surface area contributed by atoms with E-state index in [4.69, 9.17) is 19.4 Å². The van der Waals surface area contributed by atoms with Crippen LogP contribution in [-0.4, -0.2) is 43.9 Å². The Kier molecular flexibility index (Phi) is 7.24. The maximum atomic E-state index is 12.8. The molecule has 0 heterocycles. The van der Waals surface area contributed by atoms with E-state index < -0.39 is 45.2 Å². The molecule has 0 spiro atoms. The SMILES string of the molecule is CC(C)(C)OC(=O)C(N)C(C(=O)OC(C)(C)C)c1cccc(OS(C)(=O)=O)c1. The first-order valence-electron chi connectivity index (χ1n) is 8.69. The molecule has 1 rings (SSSR count). The predicted molar refractivity (Wildman–Crippen MR) is 104 cm³/mol. The topological polar surface area (TPSA) is 122 Å². The van der Waals surface area contributed by atoms with E-state index in [2.05, 4.69) is 0 Å². The van der Waals surface area contributed by atoms with Crippen molar-refractivity contribution in [2.75, 3.05) is 6.26 Å². The lowest BCUT2D eigenvalue weighted by atomic mass is 9.91. The molecular formula is C19H29NO7S. The second-order valence-electron chi connectivity index (χ2n) is 8.43. The third-order valence-corrected chi connectivity index (χ3v) is 3.66. The number of rotatable bonds is 6. The van der Waals surface area contributed by atoms with E-state index in [0.717, 1.165) is 6.26 Å². The van der Waals surface area contributed by atoms with E-state index in [-0.39, 0.29) is 11.3 Å². The fourth-order valence-electron chi connectivity index (χ4n) is 2.30. The summed E-state index contributed by atoms with van der Waals surface area (Å²) in [6, 6.07) is 4.42. The van der Waals surface area contributed by atoms with Crippen LogP contribution in [-0.2, 0) is 29.2 Å². The van der Waals surface area contributed by atoms with Gasteiger partial charge in [-0.05, 0) is 59.2 Å². The Balaban J connectivity index is 3.33. The van der Waals surface area contributed by atoms with Gasteiger partial charge in [0.15, 0.2) is 0 Å². The Morgan fingerprint density at radius 3 is 1.93 bits per heavy atom. The lowest BCUT2D eigenvalue weighted by molar-refractivity contribution is -0.165. The number of carbonyl (C=O) groups is 2. The monoisotopic (exact) mass is 415 g/mol. The largest absolute Gasteiger partial charge is 0.459 e. The van der Waals surface area contributed by atoms with Gasteiger partial charge in [0, 0.05) is 0 Å². The first-order valence-corrected chi connectivity index (χ1v) is 10.5. The smallest absolute Gasteiger partial charge is 0.324 e. The molecule has 158 valence electrons. The van der Waals surface area contributed by atoms with Crippen molar-refractivity contribution in [1.29, 1.82) is 0 Å². The maximum absolute atomic E-state index is 12.8. The summed E-state index contributed by atoms with van der Waals surface area (Å²) in [4.78, 5) is 25.3. The zero-order chi connectivity index (χ0) is 21.9. The average molecular weight is 416 g/mol. The number of hydrogen-bond acceptors (Lipinski definition) is 8. The molecule has 9 heteroatoms. The van der Waals surface area contributed by atoms with Crippen molar-refractivity contribution in [3.8, 4) is 5.75 Å². The molecule has 0 amide bonds. The molecule has 2 atom stereocenters. The number of carbonyl (C=O) groups excluding carboxylic acids is 2. The first-order chi connectivity index (χ1) is 12.5. The van der Waals surface area contributed by atoms with Gasteiger partial charge in [-0.2, -0.15) is 8.42 Å². The van der Waals surface area contributed by atoms with Crippen LogP contribution in [0.25, 0.3) is 0 Å². The van der Waals surface area contributed by atoms with Crippen LogP contribution >= 0.6 is 0 Å². The number of ether oxygens (including phenoxy) is 2. The summed E-state index contributed by atoms with van der Waals surface area (Å²) >= 11 is 0. The molecule has 0 aromatic heterocycles. The standard InChI is InChI=1S/C19H29NO7S/c1-18(2,3)25-16(21)14(15(20)17(22)26-19(4,5)6)12-9-8-10-13(11-12)27-28(7,23)24/h8-11,14-15H,20H2,1-7H3. The van der Waals surface area contributed by atoms with Gasteiger partial charge >= 0.3 is 22.1 Å². The maximum Gasteiger partial charge on any atom is 0.324 e. The molecule has 8 nitrogen and oxygen atoms in total. The van der Waals surface area contributed by atoms with Crippen LogP contribution in [0, 0.1) is 0 Å². The minimum absolute atomic E-state index is 0.00931. The lowest BCUT2D eigenvalue weighted by Crippen LogP contribution is -2.45. The van der Waals surface area contributed by atoms with Crippen LogP contribution in [0.15, 0.2) is 24.3 Å². The highest BCUT2D eigenvalue weighted by Crippen LogP contribution is 2.28. The van der Waals surface area contributed by atoms with Crippen molar-refractivity contribution in [2.45, 2.75) is 64.7 Å². The Morgan fingerprint density at radius 1 is 0.964 bits per heavy atom. The van der Waals surface area contributed by atoms with Gasteiger partial charge in [-0.1, -0.05) is 12.1 Å². The summed E-state index contributed by atoms with van der Waals surface area (Å²) in [5.74, 6) is -2.73.